The van der Waals surface area contributed by atoms with Crippen LogP contribution in [0.3, 0.4) is 0 Å². The molecule has 0 heterocycles. The third-order valence-electron chi connectivity index (χ3n) is 1.70. The SMILES string of the molecule is CSCCCNCC(C)S(C)=O. The first-order chi connectivity index (χ1) is 5.68. The molecular weight excluding hydrogens is 190 g/mol. The standard InChI is InChI=1S/C8H19NOS2/c1-8(12(3)10)7-9-5-4-6-11-2/h8-9H,4-7H2,1-3H3. The van der Waals surface area contributed by atoms with Gasteiger partial charge in [-0.15, -0.1) is 0 Å². The fraction of sp³-hybridized carbons (Fsp3) is 1.00. The van der Waals surface area contributed by atoms with Gasteiger partial charge in [-0.3, -0.25) is 4.21 Å². The molecule has 0 aromatic rings. The van der Waals surface area contributed by atoms with E-state index in [-0.39, 0.29) is 5.25 Å². The molecule has 0 rings (SSSR count). The van der Waals surface area contributed by atoms with Gasteiger partial charge in [0.1, 0.15) is 0 Å². The van der Waals surface area contributed by atoms with Crippen molar-refractivity contribution in [3.63, 3.8) is 0 Å². The Hall–Kier alpha value is 0.460. The van der Waals surface area contributed by atoms with Crippen molar-refractivity contribution >= 4 is 22.6 Å². The zero-order valence-corrected chi connectivity index (χ0v) is 9.76. The predicted octanol–water partition coefficient (Wildman–Crippen LogP) is 1.10. The Bertz CT molecular complexity index is 130. The smallest absolute Gasteiger partial charge is 0.0441 e. The topological polar surface area (TPSA) is 29.1 Å². The molecule has 1 N–H and O–H groups in total. The molecular formula is C8H19NOS2. The molecule has 0 spiro atoms. The van der Waals surface area contributed by atoms with Crippen molar-refractivity contribution in [2.75, 3.05) is 31.4 Å². The number of hydrogen-bond acceptors (Lipinski definition) is 3. The lowest BCUT2D eigenvalue weighted by atomic mass is 10.4. The molecule has 0 saturated heterocycles. The van der Waals surface area contributed by atoms with Crippen molar-refractivity contribution in [3.8, 4) is 0 Å². The second-order valence-corrected chi connectivity index (χ2v) is 5.65. The van der Waals surface area contributed by atoms with Gasteiger partial charge in [-0.05, 0) is 31.9 Å². The number of rotatable bonds is 7. The molecule has 0 radical (unpaired) electrons. The first-order valence-electron chi connectivity index (χ1n) is 4.20. The molecule has 0 aliphatic rings. The Morgan fingerprint density at radius 3 is 2.75 bits per heavy atom. The summed E-state index contributed by atoms with van der Waals surface area (Å²) in [4.78, 5) is 0. The summed E-state index contributed by atoms with van der Waals surface area (Å²) < 4.78 is 10.9. The zero-order chi connectivity index (χ0) is 9.40. The molecule has 12 heavy (non-hydrogen) atoms. The number of thioether (sulfide) groups is 1. The minimum absolute atomic E-state index is 0.277. The summed E-state index contributed by atoms with van der Waals surface area (Å²) in [5.74, 6) is 1.20. The van der Waals surface area contributed by atoms with E-state index in [9.17, 15) is 4.21 Å². The average Bonchev–Trinajstić information content (AvgIpc) is 2.03. The van der Waals surface area contributed by atoms with Gasteiger partial charge in [0.25, 0.3) is 0 Å². The van der Waals surface area contributed by atoms with Crippen molar-refractivity contribution in [1.82, 2.24) is 5.32 Å². The van der Waals surface area contributed by atoms with E-state index in [0.717, 1.165) is 13.1 Å². The van der Waals surface area contributed by atoms with Gasteiger partial charge in [0, 0.05) is 28.9 Å². The predicted molar refractivity (Wildman–Crippen MR) is 59.4 cm³/mol. The molecule has 2 unspecified atom stereocenters. The van der Waals surface area contributed by atoms with Crippen LogP contribution in [0.4, 0.5) is 0 Å². The van der Waals surface area contributed by atoms with Gasteiger partial charge >= 0.3 is 0 Å². The highest BCUT2D eigenvalue weighted by Gasteiger charge is 2.03. The van der Waals surface area contributed by atoms with E-state index >= 15 is 0 Å². The van der Waals surface area contributed by atoms with Gasteiger partial charge in [-0.2, -0.15) is 11.8 Å². The highest BCUT2D eigenvalue weighted by Crippen LogP contribution is 1.94. The first-order valence-corrected chi connectivity index (χ1v) is 7.22. The average molecular weight is 209 g/mol. The van der Waals surface area contributed by atoms with E-state index < -0.39 is 10.8 Å². The van der Waals surface area contributed by atoms with E-state index in [1.165, 1.54) is 12.2 Å². The minimum atomic E-state index is -0.685. The maximum absolute atomic E-state index is 10.9. The lowest BCUT2D eigenvalue weighted by Crippen LogP contribution is -2.28. The van der Waals surface area contributed by atoms with Crippen molar-refractivity contribution in [3.05, 3.63) is 0 Å². The summed E-state index contributed by atoms with van der Waals surface area (Å²) in [6.07, 6.45) is 5.07. The molecule has 0 saturated carbocycles. The van der Waals surface area contributed by atoms with Gasteiger partial charge in [-0.25, -0.2) is 0 Å². The fourth-order valence-electron chi connectivity index (χ4n) is 0.764. The minimum Gasteiger partial charge on any atom is -0.316 e. The highest BCUT2D eigenvalue weighted by molar-refractivity contribution is 7.98. The van der Waals surface area contributed by atoms with Crippen molar-refractivity contribution in [1.29, 1.82) is 0 Å². The van der Waals surface area contributed by atoms with Crippen LogP contribution >= 0.6 is 11.8 Å². The molecule has 0 aromatic heterocycles. The van der Waals surface area contributed by atoms with E-state index in [2.05, 4.69) is 11.6 Å². The van der Waals surface area contributed by atoms with Crippen LogP contribution < -0.4 is 5.32 Å². The third-order valence-corrected chi connectivity index (χ3v) is 3.70. The van der Waals surface area contributed by atoms with Crippen LogP contribution in [-0.2, 0) is 10.8 Å². The molecule has 4 heteroatoms. The van der Waals surface area contributed by atoms with Gasteiger partial charge in [0.2, 0.25) is 0 Å². The normalized spacial score (nSPS) is 15.9. The van der Waals surface area contributed by atoms with Gasteiger partial charge in [-0.1, -0.05) is 0 Å². The largest absolute Gasteiger partial charge is 0.316 e. The van der Waals surface area contributed by atoms with E-state index in [1.807, 2.05) is 18.7 Å². The van der Waals surface area contributed by atoms with E-state index in [4.69, 9.17) is 0 Å². The lowest BCUT2D eigenvalue weighted by Gasteiger charge is -2.08. The quantitative estimate of drug-likeness (QED) is 0.637. The summed E-state index contributed by atoms with van der Waals surface area (Å²) in [5.41, 5.74) is 0. The lowest BCUT2D eigenvalue weighted by molar-refractivity contribution is 0.643. The second-order valence-electron chi connectivity index (χ2n) is 2.86. The second kappa shape index (κ2) is 8.08. The van der Waals surface area contributed by atoms with Crippen molar-refractivity contribution in [2.24, 2.45) is 0 Å². The fourth-order valence-corrected chi connectivity index (χ4v) is 1.55. The Balaban J connectivity index is 3.14. The van der Waals surface area contributed by atoms with E-state index in [1.54, 1.807) is 6.26 Å². The molecule has 0 aromatic carbocycles. The monoisotopic (exact) mass is 209 g/mol. The van der Waals surface area contributed by atoms with Crippen molar-refractivity contribution < 1.29 is 4.21 Å². The third kappa shape index (κ3) is 7.13. The Labute approximate surface area is 82.3 Å². The van der Waals surface area contributed by atoms with Crippen LogP contribution in [0.5, 0.6) is 0 Å². The molecule has 0 amide bonds. The Kier molecular flexibility index (Phi) is 8.39. The number of nitrogens with one attached hydrogen (secondary N) is 1. The van der Waals surface area contributed by atoms with Crippen LogP contribution in [0.2, 0.25) is 0 Å². The molecule has 0 bridgehead atoms. The molecule has 2 atom stereocenters. The molecule has 0 aliphatic carbocycles. The van der Waals surface area contributed by atoms with E-state index in [0.29, 0.717) is 0 Å². The summed E-state index contributed by atoms with van der Waals surface area (Å²) in [5, 5.41) is 3.57. The van der Waals surface area contributed by atoms with Crippen LogP contribution in [-0.4, -0.2) is 40.8 Å². The Morgan fingerprint density at radius 1 is 1.58 bits per heavy atom. The maximum Gasteiger partial charge on any atom is 0.0441 e. The van der Waals surface area contributed by atoms with Crippen LogP contribution in [0.15, 0.2) is 0 Å². The molecule has 2 nitrogen and oxygen atoms in total. The summed E-state index contributed by atoms with van der Waals surface area (Å²) in [7, 11) is -0.685. The van der Waals surface area contributed by atoms with Crippen LogP contribution in [0.1, 0.15) is 13.3 Å². The zero-order valence-electron chi connectivity index (χ0n) is 8.13. The molecule has 0 aliphatic heterocycles. The highest BCUT2D eigenvalue weighted by atomic mass is 32.2. The Morgan fingerprint density at radius 2 is 2.25 bits per heavy atom. The maximum atomic E-state index is 10.9. The van der Waals surface area contributed by atoms with Gasteiger partial charge < -0.3 is 5.32 Å². The molecule has 0 fully saturated rings. The summed E-state index contributed by atoms with van der Waals surface area (Å²) >= 11 is 1.87. The van der Waals surface area contributed by atoms with Gasteiger partial charge in [0.15, 0.2) is 0 Å². The van der Waals surface area contributed by atoms with Crippen LogP contribution in [0, 0.1) is 0 Å². The van der Waals surface area contributed by atoms with Gasteiger partial charge in [0.05, 0.1) is 0 Å². The van der Waals surface area contributed by atoms with Crippen molar-refractivity contribution in [2.45, 2.75) is 18.6 Å². The first kappa shape index (κ1) is 12.5. The summed E-state index contributed by atoms with van der Waals surface area (Å²) in [6.45, 7) is 3.93. The van der Waals surface area contributed by atoms with Crippen LogP contribution in [0.25, 0.3) is 0 Å². The number of hydrogen-bond donors (Lipinski definition) is 1. The summed E-state index contributed by atoms with van der Waals surface area (Å²) in [6, 6.07) is 0. The molecule has 74 valence electrons.